The van der Waals surface area contributed by atoms with Crippen molar-refractivity contribution < 1.29 is 14.7 Å². The maximum Gasteiger partial charge on any atom is 0.307 e. The molecule has 1 aliphatic heterocycles. The molecule has 0 aromatic heterocycles. The van der Waals surface area contributed by atoms with E-state index < -0.39 is 5.97 Å². The highest BCUT2D eigenvalue weighted by Crippen LogP contribution is 2.24. The number of hydrogen-bond acceptors (Lipinski definition) is 3. The predicted molar refractivity (Wildman–Crippen MR) is 97.9 cm³/mol. The lowest BCUT2D eigenvalue weighted by Crippen LogP contribution is -2.41. The standard InChI is InChI=1S/C18H26N2O3.ClH/c1-4-13-7-6-8-14(5-2)16(13)19-17(21)12(3)20-10-9-15(11-20)18(22)23;/h6-8,12,15H,4-5,9-11H2,1-3H3,(H,19,21)(H,22,23);1H. The molecular weight excluding hydrogens is 328 g/mol. The number of hydrogen-bond donors (Lipinski definition) is 2. The fourth-order valence-corrected chi connectivity index (χ4v) is 3.14. The number of amides is 1. The third-order valence-corrected chi connectivity index (χ3v) is 4.74. The Bertz CT molecular complexity index is 569. The summed E-state index contributed by atoms with van der Waals surface area (Å²) in [6, 6.07) is 5.77. The highest BCUT2D eigenvalue weighted by molar-refractivity contribution is 5.96. The number of aryl methyl sites for hydroxylation is 2. The van der Waals surface area contributed by atoms with E-state index in [0.29, 0.717) is 19.5 Å². The second kappa shape index (κ2) is 9.04. The Kier molecular flexibility index (Phi) is 7.70. The Labute approximate surface area is 149 Å². The molecule has 1 amide bonds. The fourth-order valence-electron chi connectivity index (χ4n) is 3.14. The van der Waals surface area contributed by atoms with Crippen molar-refractivity contribution in [2.45, 2.75) is 46.1 Å². The molecule has 0 radical (unpaired) electrons. The van der Waals surface area contributed by atoms with Crippen LogP contribution in [0.5, 0.6) is 0 Å². The molecule has 2 rings (SSSR count). The summed E-state index contributed by atoms with van der Waals surface area (Å²) in [4.78, 5) is 25.6. The zero-order chi connectivity index (χ0) is 17.0. The summed E-state index contributed by atoms with van der Waals surface area (Å²) in [6.45, 7) is 7.10. The molecule has 0 saturated carbocycles. The molecular formula is C18H27ClN2O3. The van der Waals surface area contributed by atoms with Crippen LogP contribution in [0.2, 0.25) is 0 Å². The van der Waals surface area contributed by atoms with E-state index in [4.69, 9.17) is 5.11 Å². The molecule has 2 N–H and O–H groups in total. The minimum absolute atomic E-state index is 0. The normalized spacial score (nSPS) is 18.7. The summed E-state index contributed by atoms with van der Waals surface area (Å²) in [5, 5.41) is 12.2. The number of carbonyl (C=O) groups is 2. The van der Waals surface area contributed by atoms with Crippen LogP contribution in [0.4, 0.5) is 5.69 Å². The third kappa shape index (κ3) is 4.48. The minimum atomic E-state index is -0.773. The fraction of sp³-hybridized carbons (Fsp3) is 0.556. The quantitative estimate of drug-likeness (QED) is 0.824. The number of rotatable bonds is 6. The number of nitrogens with zero attached hydrogens (tertiary/aromatic N) is 1. The lowest BCUT2D eigenvalue weighted by atomic mass is 10.0. The van der Waals surface area contributed by atoms with Crippen molar-refractivity contribution >= 4 is 30.0 Å². The van der Waals surface area contributed by atoms with Crippen molar-refractivity contribution in [1.82, 2.24) is 4.90 Å². The SMILES string of the molecule is CCc1cccc(CC)c1NC(=O)C(C)N1CCC(C(=O)O)C1.Cl. The number of benzene rings is 1. The summed E-state index contributed by atoms with van der Waals surface area (Å²) in [5.74, 6) is -1.20. The minimum Gasteiger partial charge on any atom is -0.481 e. The lowest BCUT2D eigenvalue weighted by molar-refractivity contribution is -0.141. The van der Waals surface area contributed by atoms with Crippen molar-refractivity contribution in [3.63, 3.8) is 0 Å². The first-order valence-corrected chi connectivity index (χ1v) is 8.36. The molecule has 1 saturated heterocycles. The molecule has 1 fully saturated rings. The van der Waals surface area contributed by atoms with Crippen LogP contribution in [0.3, 0.4) is 0 Å². The van der Waals surface area contributed by atoms with Gasteiger partial charge >= 0.3 is 5.97 Å². The van der Waals surface area contributed by atoms with Crippen LogP contribution in [-0.2, 0) is 22.4 Å². The number of carbonyl (C=O) groups excluding carboxylic acids is 1. The lowest BCUT2D eigenvalue weighted by Gasteiger charge is -2.24. The van der Waals surface area contributed by atoms with Gasteiger partial charge in [-0.1, -0.05) is 32.0 Å². The second-order valence-corrected chi connectivity index (χ2v) is 6.14. The number of carboxylic acid groups (broad SMARTS) is 1. The Hall–Kier alpha value is -1.59. The Morgan fingerprint density at radius 3 is 2.33 bits per heavy atom. The number of carboxylic acids is 1. The molecule has 1 heterocycles. The van der Waals surface area contributed by atoms with Crippen LogP contribution in [0.1, 0.15) is 38.3 Å². The maximum atomic E-state index is 12.6. The van der Waals surface area contributed by atoms with Crippen molar-refractivity contribution in [1.29, 1.82) is 0 Å². The molecule has 134 valence electrons. The molecule has 2 unspecified atom stereocenters. The van der Waals surface area contributed by atoms with Gasteiger partial charge in [-0.3, -0.25) is 14.5 Å². The average Bonchev–Trinajstić information content (AvgIpc) is 3.04. The van der Waals surface area contributed by atoms with E-state index in [1.165, 1.54) is 0 Å². The monoisotopic (exact) mass is 354 g/mol. The molecule has 5 nitrogen and oxygen atoms in total. The first-order valence-electron chi connectivity index (χ1n) is 8.36. The number of nitrogens with one attached hydrogen (secondary N) is 1. The van der Waals surface area contributed by atoms with E-state index in [0.717, 1.165) is 29.7 Å². The summed E-state index contributed by atoms with van der Waals surface area (Å²) >= 11 is 0. The van der Waals surface area contributed by atoms with Gasteiger partial charge in [0.15, 0.2) is 0 Å². The third-order valence-electron chi connectivity index (χ3n) is 4.74. The van der Waals surface area contributed by atoms with Gasteiger partial charge in [0.25, 0.3) is 0 Å². The van der Waals surface area contributed by atoms with Gasteiger partial charge in [-0.2, -0.15) is 0 Å². The first kappa shape index (κ1) is 20.5. The number of para-hydroxylation sites is 1. The average molecular weight is 355 g/mol. The van der Waals surface area contributed by atoms with Gasteiger partial charge in [-0.15, -0.1) is 12.4 Å². The van der Waals surface area contributed by atoms with Gasteiger partial charge in [0.1, 0.15) is 0 Å². The van der Waals surface area contributed by atoms with Gasteiger partial charge in [0.05, 0.1) is 12.0 Å². The number of aliphatic carboxylic acids is 1. The van der Waals surface area contributed by atoms with E-state index in [1.54, 1.807) is 0 Å². The van der Waals surface area contributed by atoms with E-state index in [-0.39, 0.29) is 30.3 Å². The van der Waals surface area contributed by atoms with Crippen molar-refractivity contribution in [3.8, 4) is 0 Å². The Morgan fingerprint density at radius 1 is 1.29 bits per heavy atom. The van der Waals surface area contributed by atoms with Gasteiger partial charge < -0.3 is 10.4 Å². The zero-order valence-electron chi connectivity index (χ0n) is 14.5. The Morgan fingerprint density at radius 2 is 1.88 bits per heavy atom. The van der Waals surface area contributed by atoms with E-state index >= 15 is 0 Å². The van der Waals surface area contributed by atoms with Gasteiger partial charge in [0.2, 0.25) is 5.91 Å². The summed E-state index contributed by atoms with van der Waals surface area (Å²) in [5.41, 5.74) is 3.19. The highest BCUT2D eigenvalue weighted by Gasteiger charge is 2.33. The Balaban J connectivity index is 0.00000288. The van der Waals surface area contributed by atoms with Gasteiger partial charge in [-0.25, -0.2) is 0 Å². The molecule has 0 spiro atoms. The zero-order valence-corrected chi connectivity index (χ0v) is 15.4. The second-order valence-electron chi connectivity index (χ2n) is 6.14. The van der Waals surface area contributed by atoms with E-state index in [2.05, 4.69) is 19.2 Å². The number of likely N-dealkylation sites (tertiary alicyclic amines) is 1. The molecule has 2 atom stereocenters. The molecule has 1 aromatic carbocycles. The largest absolute Gasteiger partial charge is 0.481 e. The maximum absolute atomic E-state index is 12.6. The van der Waals surface area contributed by atoms with Crippen LogP contribution < -0.4 is 5.32 Å². The summed E-state index contributed by atoms with van der Waals surface area (Å²) in [7, 11) is 0. The smallest absolute Gasteiger partial charge is 0.307 e. The highest BCUT2D eigenvalue weighted by atomic mass is 35.5. The van der Waals surface area contributed by atoms with E-state index in [9.17, 15) is 9.59 Å². The van der Waals surface area contributed by atoms with Crippen LogP contribution in [0.25, 0.3) is 0 Å². The van der Waals surface area contributed by atoms with Crippen LogP contribution in [0, 0.1) is 5.92 Å². The first-order chi connectivity index (χ1) is 11.0. The van der Waals surface area contributed by atoms with Crippen molar-refractivity contribution in [2.24, 2.45) is 5.92 Å². The van der Waals surface area contributed by atoms with Crippen LogP contribution >= 0.6 is 12.4 Å². The molecule has 0 aliphatic carbocycles. The van der Waals surface area contributed by atoms with Gasteiger partial charge in [0, 0.05) is 12.2 Å². The van der Waals surface area contributed by atoms with E-state index in [1.807, 2.05) is 30.0 Å². The van der Waals surface area contributed by atoms with Crippen LogP contribution in [0.15, 0.2) is 18.2 Å². The van der Waals surface area contributed by atoms with Crippen molar-refractivity contribution in [3.05, 3.63) is 29.3 Å². The molecule has 24 heavy (non-hydrogen) atoms. The molecule has 6 heteroatoms. The summed E-state index contributed by atoms with van der Waals surface area (Å²) in [6.07, 6.45) is 2.34. The van der Waals surface area contributed by atoms with Crippen LogP contribution in [-0.4, -0.2) is 41.0 Å². The van der Waals surface area contributed by atoms with Crippen molar-refractivity contribution in [2.75, 3.05) is 18.4 Å². The van der Waals surface area contributed by atoms with Gasteiger partial charge in [-0.05, 0) is 43.9 Å². The summed E-state index contributed by atoms with van der Waals surface area (Å²) < 4.78 is 0. The number of halogens is 1. The topological polar surface area (TPSA) is 69.6 Å². The molecule has 0 bridgehead atoms. The molecule has 1 aromatic rings. The predicted octanol–water partition coefficient (Wildman–Crippen LogP) is 2.97. The molecule has 1 aliphatic rings. The number of anilines is 1.